The summed E-state index contributed by atoms with van der Waals surface area (Å²) in [7, 11) is 3.98. The Morgan fingerprint density at radius 1 is 1.42 bits per heavy atom. The van der Waals surface area contributed by atoms with Crippen LogP contribution in [0.3, 0.4) is 0 Å². The topological polar surface area (TPSA) is 72.9 Å². The molecule has 1 saturated heterocycles. The van der Waals surface area contributed by atoms with E-state index in [0.717, 1.165) is 19.4 Å². The molecular formula is C13H25N3O3. The van der Waals surface area contributed by atoms with Crippen molar-refractivity contribution in [1.29, 1.82) is 0 Å². The largest absolute Gasteiger partial charge is 0.481 e. The summed E-state index contributed by atoms with van der Waals surface area (Å²) >= 11 is 0. The standard InChI is InChI=1S/C13H25N3O3/c1-13(11(17)18)6-4-9-16(10-13)12(19)14-7-5-8-15(2)3/h4-10H2,1-3H3,(H,14,19)(H,17,18). The summed E-state index contributed by atoms with van der Waals surface area (Å²) in [6.07, 6.45) is 2.27. The van der Waals surface area contributed by atoms with Crippen LogP contribution in [0.2, 0.25) is 0 Å². The number of carbonyl (C=O) groups excluding carboxylic acids is 1. The maximum absolute atomic E-state index is 12.0. The molecule has 0 spiro atoms. The van der Waals surface area contributed by atoms with Crippen LogP contribution in [-0.4, -0.2) is 67.2 Å². The summed E-state index contributed by atoms with van der Waals surface area (Å²) in [5.41, 5.74) is -0.806. The summed E-state index contributed by atoms with van der Waals surface area (Å²) < 4.78 is 0. The molecule has 0 aromatic carbocycles. The minimum atomic E-state index is -0.822. The number of aliphatic carboxylic acids is 1. The van der Waals surface area contributed by atoms with Gasteiger partial charge in [0.15, 0.2) is 0 Å². The van der Waals surface area contributed by atoms with Gasteiger partial charge in [0.2, 0.25) is 0 Å². The van der Waals surface area contributed by atoms with Crippen LogP contribution in [0.25, 0.3) is 0 Å². The molecule has 6 heteroatoms. The first-order valence-corrected chi connectivity index (χ1v) is 6.76. The van der Waals surface area contributed by atoms with Crippen molar-refractivity contribution in [1.82, 2.24) is 15.1 Å². The highest BCUT2D eigenvalue weighted by molar-refractivity contribution is 5.78. The van der Waals surface area contributed by atoms with Crippen LogP contribution < -0.4 is 5.32 Å². The summed E-state index contributed by atoms with van der Waals surface area (Å²) in [6, 6.07) is -0.147. The molecule has 0 aliphatic carbocycles. The van der Waals surface area contributed by atoms with Crippen molar-refractivity contribution in [3.63, 3.8) is 0 Å². The Balaban J connectivity index is 2.38. The van der Waals surface area contributed by atoms with Crippen LogP contribution in [0.15, 0.2) is 0 Å². The number of rotatable bonds is 5. The van der Waals surface area contributed by atoms with Gasteiger partial charge >= 0.3 is 12.0 Å². The van der Waals surface area contributed by atoms with Crippen LogP contribution in [0, 0.1) is 5.41 Å². The van der Waals surface area contributed by atoms with E-state index in [2.05, 4.69) is 10.2 Å². The Hall–Kier alpha value is -1.30. The zero-order valence-electron chi connectivity index (χ0n) is 12.1. The zero-order chi connectivity index (χ0) is 14.5. The molecule has 1 fully saturated rings. The van der Waals surface area contributed by atoms with E-state index in [-0.39, 0.29) is 6.03 Å². The van der Waals surface area contributed by atoms with Crippen molar-refractivity contribution in [3.05, 3.63) is 0 Å². The number of hydrogen-bond acceptors (Lipinski definition) is 3. The Morgan fingerprint density at radius 3 is 2.68 bits per heavy atom. The van der Waals surface area contributed by atoms with Crippen molar-refractivity contribution < 1.29 is 14.7 Å². The molecule has 1 aliphatic heterocycles. The van der Waals surface area contributed by atoms with Gasteiger partial charge in [-0.3, -0.25) is 4.79 Å². The predicted octanol–water partition coefficient (Wildman–Crippen LogP) is 0.834. The van der Waals surface area contributed by atoms with Gasteiger partial charge in [0, 0.05) is 19.6 Å². The third-order valence-electron chi connectivity index (χ3n) is 3.56. The monoisotopic (exact) mass is 271 g/mol. The number of nitrogens with one attached hydrogen (secondary N) is 1. The maximum Gasteiger partial charge on any atom is 0.317 e. The minimum Gasteiger partial charge on any atom is -0.481 e. The van der Waals surface area contributed by atoms with E-state index in [1.807, 2.05) is 14.1 Å². The fraction of sp³-hybridized carbons (Fsp3) is 0.846. The number of hydrogen-bond donors (Lipinski definition) is 2. The minimum absolute atomic E-state index is 0.147. The van der Waals surface area contributed by atoms with E-state index in [1.165, 1.54) is 0 Å². The lowest BCUT2D eigenvalue weighted by Crippen LogP contribution is -2.51. The molecule has 0 aromatic rings. The Kier molecular flexibility index (Phi) is 5.60. The van der Waals surface area contributed by atoms with Gasteiger partial charge in [-0.25, -0.2) is 4.79 Å². The second-order valence-electron chi connectivity index (χ2n) is 5.78. The molecule has 2 amide bonds. The van der Waals surface area contributed by atoms with Crippen LogP contribution in [0.4, 0.5) is 4.79 Å². The number of likely N-dealkylation sites (tertiary alicyclic amines) is 1. The highest BCUT2D eigenvalue weighted by Crippen LogP contribution is 2.29. The van der Waals surface area contributed by atoms with Gasteiger partial charge in [-0.1, -0.05) is 0 Å². The third kappa shape index (κ3) is 4.70. The molecule has 1 atom stereocenters. The summed E-state index contributed by atoms with van der Waals surface area (Å²) in [5.74, 6) is -0.822. The van der Waals surface area contributed by atoms with Gasteiger partial charge in [-0.2, -0.15) is 0 Å². The molecule has 0 saturated carbocycles. The molecule has 6 nitrogen and oxygen atoms in total. The van der Waals surface area contributed by atoms with Crippen LogP contribution in [-0.2, 0) is 4.79 Å². The molecule has 0 bridgehead atoms. The molecule has 0 radical (unpaired) electrons. The van der Waals surface area contributed by atoms with Gasteiger partial charge in [0.05, 0.1) is 5.41 Å². The first-order valence-electron chi connectivity index (χ1n) is 6.76. The van der Waals surface area contributed by atoms with Gasteiger partial charge < -0.3 is 20.2 Å². The first-order chi connectivity index (χ1) is 8.85. The molecule has 1 aliphatic rings. The van der Waals surface area contributed by atoms with Crippen LogP contribution in [0.1, 0.15) is 26.2 Å². The van der Waals surface area contributed by atoms with Crippen molar-refractivity contribution >= 4 is 12.0 Å². The van der Waals surface area contributed by atoms with E-state index in [9.17, 15) is 14.7 Å². The number of urea groups is 1. The maximum atomic E-state index is 12.0. The van der Waals surface area contributed by atoms with Crippen LogP contribution in [0.5, 0.6) is 0 Å². The van der Waals surface area contributed by atoms with E-state index >= 15 is 0 Å². The molecule has 2 N–H and O–H groups in total. The van der Waals surface area contributed by atoms with Crippen LogP contribution >= 0.6 is 0 Å². The third-order valence-corrected chi connectivity index (χ3v) is 3.56. The number of nitrogens with zero attached hydrogens (tertiary/aromatic N) is 2. The van der Waals surface area contributed by atoms with Gasteiger partial charge in [-0.15, -0.1) is 0 Å². The summed E-state index contributed by atoms with van der Waals surface area (Å²) in [4.78, 5) is 26.9. The number of piperidine rings is 1. The second kappa shape index (κ2) is 6.75. The van der Waals surface area contributed by atoms with Crippen molar-refractivity contribution in [2.45, 2.75) is 26.2 Å². The lowest BCUT2D eigenvalue weighted by molar-refractivity contribution is -0.150. The molecule has 1 unspecified atom stereocenters. The lowest BCUT2D eigenvalue weighted by Gasteiger charge is -2.37. The number of carboxylic acids is 1. The normalized spacial score (nSPS) is 23.5. The first kappa shape index (κ1) is 15.8. The fourth-order valence-electron chi connectivity index (χ4n) is 2.29. The molecule has 1 heterocycles. The zero-order valence-corrected chi connectivity index (χ0v) is 12.1. The van der Waals surface area contributed by atoms with Crippen molar-refractivity contribution in [2.24, 2.45) is 5.41 Å². The van der Waals surface area contributed by atoms with Gasteiger partial charge in [0.1, 0.15) is 0 Å². The molecule has 110 valence electrons. The quantitative estimate of drug-likeness (QED) is 0.727. The lowest BCUT2D eigenvalue weighted by atomic mass is 9.82. The van der Waals surface area contributed by atoms with Crippen molar-refractivity contribution in [3.8, 4) is 0 Å². The molecule has 1 rings (SSSR count). The smallest absolute Gasteiger partial charge is 0.317 e. The highest BCUT2D eigenvalue weighted by atomic mass is 16.4. The van der Waals surface area contributed by atoms with Gasteiger partial charge in [-0.05, 0) is 46.8 Å². The van der Waals surface area contributed by atoms with E-state index in [0.29, 0.717) is 26.1 Å². The Bertz CT molecular complexity index is 333. The van der Waals surface area contributed by atoms with Crippen molar-refractivity contribution in [2.75, 3.05) is 40.3 Å². The Morgan fingerprint density at radius 2 is 2.11 bits per heavy atom. The average Bonchev–Trinajstić information content (AvgIpc) is 2.34. The van der Waals surface area contributed by atoms with E-state index in [4.69, 9.17) is 0 Å². The SMILES string of the molecule is CN(C)CCCNC(=O)N1CCCC(C)(C(=O)O)C1. The van der Waals surface area contributed by atoms with Gasteiger partial charge in [0.25, 0.3) is 0 Å². The second-order valence-corrected chi connectivity index (χ2v) is 5.78. The summed E-state index contributed by atoms with van der Waals surface area (Å²) in [6.45, 7) is 4.19. The number of carboxylic acid groups (broad SMARTS) is 1. The molecular weight excluding hydrogens is 246 g/mol. The van der Waals surface area contributed by atoms with E-state index in [1.54, 1.807) is 11.8 Å². The number of amides is 2. The molecule has 19 heavy (non-hydrogen) atoms. The summed E-state index contributed by atoms with van der Waals surface area (Å²) in [5, 5.41) is 12.1. The average molecular weight is 271 g/mol. The predicted molar refractivity (Wildman–Crippen MR) is 73.1 cm³/mol. The number of carbonyl (C=O) groups is 2. The fourth-order valence-corrected chi connectivity index (χ4v) is 2.29. The van der Waals surface area contributed by atoms with E-state index < -0.39 is 11.4 Å². The highest BCUT2D eigenvalue weighted by Gasteiger charge is 2.39. The Labute approximate surface area is 114 Å². The molecule has 0 aromatic heterocycles.